The molecule has 1 N–H and O–H groups in total. The van der Waals surface area contributed by atoms with Crippen molar-refractivity contribution in [1.82, 2.24) is 5.16 Å². The molecule has 1 amide bonds. The van der Waals surface area contributed by atoms with E-state index in [9.17, 15) is 14.7 Å². The van der Waals surface area contributed by atoms with Crippen molar-refractivity contribution in [1.29, 1.82) is 0 Å². The molecule has 1 atom stereocenters. The van der Waals surface area contributed by atoms with Gasteiger partial charge < -0.3 is 19.1 Å². The molecule has 170 valence electrons. The monoisotopic (exact) mass is 468 g/mol. The van der Waals surface area contributed by atoms with Crippen LogP contribution in [0.1, 0.15) is 29.9 Å². The van der Waals surface area contributed by atoms with E-state index in [1.807, 2.05) is 6.92 Å². The molecule has 0 bridgehead atoms. The lowest BCUT2D eigenvalue weighted by atomic mass is 9.95. The summed E-state index contributed by atoms with van der Waals surface area (Å²) >= 11 is 5.96. The Morgan fingerprint density at radius 1 is 1.15 bits per heavy atom. The molecule has 0 saturated carbocycles. The lowest BCUT2D eigenvalue weighted by Crippen LogP contribution is -2.29. The van der Waals surface area contributed by atoms with Crippen LogP contribution in [-0.4, -0.2) is 35.7 Å². The third-order valence-corrected chi connectivity index (χ3v) is 5.48. The maximum absolute atomic E-state index is 13.1. The maximum Gasteiger partial charge on any atom is 0.301 e. The van der Waals surface area contributed by atoms with Gasteiger partial charge in [0.2, 0.25) is 0 Å². The number of aromatic nitrogens is 1. The van der Waals surface area contributed by atoms with Crippen LogP contribution in [0.2, 0.25) is 5.02 Å². The molecule has 9 heteroatoms. The highest BCUT2D eigenvalue weighted by molar-refractivity contribution is 6.51. The molecule has 0 aliphatic carbocycles. The van der Waals surface area contributed by atoms with E-state index in [0.29, 0.717) is 40.0 Å². The van der Waals surface area contributed by atoms with Crippen molar-refractivity contribution >= 4 is 34.9 Å². The number of amides is 1. The smallest absolute Gasteiger partial charge is 0.301 e. The number of benzene rings is 2. The molecule has 1 fully saturated rings. The van der Waals surface area contributed by atoms with Gasteiger partial charge in [0, 0.05) is 16.7 Å². The van der Waals surface area contributed by atoms with Gasteiger partial charge in [0.25, 0.3) is 5.78 Å². The van der Waals surface area contributed by atoms with Crippen LogP contribution in [0.5, 0.6) is 11.5 Å². The molecule has 1 aromatic heterocycles. The number of ether oxygens (including phenoxy) is 2. The number of ketones is 1. The SMILES string of the molecule is CCOc1ccc(C2/C(=C(\O)c3ccc(Cl)cc3)C(=O)C(=O)N2c2cc(C)on2)cc1OC. The summed E-state index contributed by atoms with van der Waals surface area (Å²) in [6.45, 7) is 3.96. The van der Waals surface area contributed by atoms with Crippen molar-refractivity contribution in [2.75, 3.05) is 18.6 Å². The highest BCUT2D eigenvalue weighted by Crippen LogP contribution is 2.44. The van der Waals surface area contributed by atoms with Crippen molar-refractivity contribution in [3.63, 3.8) is 0 Å². The van der Waals surface area contributed by atoms with Gasteiger partial charge in [-0.2, -0.15) is 0 Å². The van der Waals surface area contributed by atoms with Crippen molar-refractivity contribution in [2.45, 2.75) is 19.9 Å². The Hall–Kier alpha value is -3.78. The lowest BCUT2D eigenvalue weighted by Gasteiger charge is -2.23. The van der Waals surface area contributed by atoms with Gasteiger partial charge >= 0.3 is 5.91 Å². The standard InChI is InChI=1S/C24H21ClN2O6/c1-4-32-17-10-7-15(12-18(17)31-3)21-20(22(28)14-5-8-16(25)9-6-14)23(29)24(30)27(21)19-11-13(2)33-26-19/h5-12,21,28H,4H2,1-3H3/b22-20+. The number of anilines is 1. The van der Waals surface area contributed by atoms with E-state index in [1.165, 1.54) is 12.0 Å². The summed E-state index contributed by atoms with van der Waals surface area (Å²) in [6.07, 6.45) is 0. The number of aryl methyl sites for hydroxylation is 1. The number of aliphatic hydroxyl groups excluding tert-OH is 1. The van der Waals surface area contributed by atoms with Crippen molar-refractivity contribution in [2.24, 2.45) is 0 Å². The number of carbonyl (C=O) groups is 2. The van der Waals surface area contributed by atoms with E-state index in [0.717, 1.165) is 0 Å². The number of hydrogen-bond acceptors (Lipinski definition) is 7. The van der Waals surface area contributed by atoms with Crippen LogP contribution >= 0.6 is 11.6 Å². The first-order chi connectivity index (χ1) is 15.8. The van der Waals surface area contributed by atoms with Gasteiger partial charge in [0.1, 0.15) is 11.5 Å². The zero-order chi connectivity index (χ0) is 23.7. The molecule has 0 radical (unpaired) electrons. The average molecular weight is 469 g/mol. The minimum atomic E-state index is -0.977. The highest BCUT2D eigenvalue weighted by atomic mass is 35.5. The Kier molecular flexibility index (Phi) is 6.11. The van der Waals surface area contributed by atoms with Crippen LogP contribution in [0, 0.1) is 6.92 Å². The minimum absolute atomic E-state index is 0.0887. The predicted molar refractivity (Wildman–Crippen MR) is 122 cm³/mol. The van der Waals surface area contributed by atoms with E-state index >= 15 is 0 Å². The van der Waals surface area contributed by atoms with Crippen LogP contribution in [0.3, 0.4) is 0 Å². The Labute approximate surface area is 195 Å². The first-order valence-electron chi connectivity index (χ1n) is 10.2. The van der Waals surface area contributed by atoms with Crippen LogP contribution < -0.4 is 14.4 Å². The summed E-state index contributed by atoms with van der Waals surface area (Å²) in [5.41, 5.74) is 0.775. The molecular formula is C24H21ClN2O6. The fraction of sp³-hybridized carbons (Fsp3) is 0.208. The third-order valence-electron chi connectivity index (χ3n) is 5.23. The molecule has 3 aromatic rings. The van der Waals surface area contributed by atoms with Gasteiger partial charge in [-0.05, 0) is 55.8 Å². The third kappa shape index (κ3) is 4.05. The summed E-state index contributed by atoms with van der Waals surface area (Å²) < 4.78 is 16.2. The molecule has 8 nitrogen and oxygen atoms in total. The van der Waals surface area contributed by atoms with Crippen LogP contribution in [-0.2, 0) is 9.59 Å². The zero-order valence-electron chi connectivity index (χ0n) is 18.2. The topological polar surface area (TPSA) is 102 Å². The normalized spacial score (nSPS) is 17.5. The molecule has 33 heavy (non-hydrogen) atoms. The zero-order valence-corrected chi connectivity index (χ0v) is 18.9. The van der Waals surface area contributed by atoms with E-state index in [-0.39, 0.29) is 17.2 Å². The molecule has 2 heterocycles. The second kappa shape index (κ2) is 8.99. The number of aliphatic hydroxyl groups is 1. The average Bonchev–Trinajstić information content (AvgIpc) is 3.35. The number of Topliss-reactive ketones (excluding diaryl/α,β-unsaturated/α-hetero) is 1. The predicted octanol–water partition coefficient (Wildman–Crippen LogP) is 4.67. The van der Waals surface area contributed by atoms with Crippen LogP contribution in [0.4, 0.5) is 5.82 Å². The Morgan fingerprint density at radius 3 is 2.48 bits per heavy atom. The number of carbonyl (C=O) groups excluding carboxylic acids is 2. The van der Waals surface area contributed by atoms with E-state index < -0.39 is 17.7 Å². The fourth-order valence-corrected chi connectivity index (χ4v) is 3.87. The fourth-order valence-electron chi connectivity index (χ4n) is 3.74. The molecule has 1 unspecified atom stereocenters. The van der Waals surface area contributed by atoms with Crippen molar-refractivity contribution < 1.29 is 28.7 Å². The molecule has 4 rings (SSSR count). The lowest BCUT2D eigenvalue weighted by molar-refractivity contribution is -0.132. The number of rotatable bonds is 6. The Morgan fingerprint density at radius 2 is 1.88 bits per heavy atom. The molecule has 2 aromatic carbocycles. The van der Waals surface area contributed by atoms with Gasteiger partial charge in [-0.25, -0.2) is 0 Å². The molecule has 1 saturated heterocycles. The summed E-state index contributed by atoms with van der Waals surface area (Å²) in [6, 6.07) is 11.9. The second-order valence-corrected chi connectivity index (χ2v) is 7.75. The van der Waals surface area contributed by atoms with Crippen LogP contribution in [0.15, 0.2) is 58.6 Å². The van der Waals surface area contributed by atoms with Gasteiger partial charge in [-0.1, -0.05) is 22.8 Å². The van der Waals surface area contributed by atoms with Crippen molar-refractivity contribution in [3.8, 4) is 11.5 Å². The quantitative estimate of drug-likeness (QED) is 0.318. The molecule has 1 aliphatic heterocycles. The van der Waals surface area contributed by atoms with Gasteiger partial charge in [-0.15, -0.1) is 0 Å². The van der Waals surface area contributed by atoms with Gasteiger partial charge in [0.05, 0.1) is 25.3 Å². The highest BCUT2D eigenvalue weighted by Gasteiger charge is 2.48. The van der Waals surface area contributed by atoms with Gasteiger partial charge in [-0.3, -0.25) is 14.5 Å². The number of hydrogen-bond donors (Lipinski definition) is 1. The molecular weight excluding hydrogens is 448 g/mol. The van der Waals surface area contributed by atoms with E-state index in [1.54, 1.807) is 55.5 Å². The Bertz CT molecular complexity index is 1250. The number of nitrogens with zero attached hydrogens (tertiary/aromatic N) is 2. The van der Waals surface area contributed by atoms with Crippen LogP contribution in [0.25, 0.3) is 5.76 Å². The summed E-state index contributed by atoms with van der Waals surface area (Å²) in [5.74, 6) is -0.461. The first-order valence-corrected chi connectivity index (χ1v) is 10.5. The maximum atomic E-state index is 13.1. The summed E-state index contributed by atoms with van der Waals surface area (Å²) in [4.78, 5) is 27.4. The van der Waals surface area contributed by atoms with E-state index in [4.69, 9.17) is 25.6 Å². The van der Waals surface area contributed by atoms with E-state index in [2.05, 4.69) is 5.16 Å². The molecule has 0 spiro atoms. The van der Waals surface area contributed by atoms with Crippen molar-refractivity contribution in [3.05, 3.63) is 76.0 Å². The number of methoxy groups -OCH3 is 1. The van der Waals surface area contributed by atoms with Gasteiger partial charge in [0.15, 0.2) is 17.3 Å². The summed E-state index contributed by atoms with van der Waals surface area (Å²) in [5, 5.41) is 15.5. The summed E-state index contributed by atoms with van der Waals surface area (Å²) in [7, 11) is 1.49. The largest absolute Gasteiger partial charge is 0.507 e. The minimum Gasteiger partial charge on any atom is -0.507 e. The molecule has 1 aliphatic rings. The first kappa shape index (κ1) is 22.4. The number of halogens is 1. The Balaban J connectivity index is 1.93. The second-order valence-electron chi connectivity index (χ2n) is 7.32.